The first-order valence-electron chi connectivity index (χ1n) is 7.76. The van der Waals surface area contributed by atoms with Crippen LogP contribution in [0, 0.1) is 18.8 Å². The van der Waals surface area contributed by atoms with E-state index in [9.17, 15) is 0 Å². The van der Waals surface area contributed by atoms with E-state index in [1.165, 1.54) is 28.3 Å². The lowest BCUT2D eigenvalue weighted by molar-refractivity contribution is 0.307. The molecule has 0 saturated heterocycles. The standard InChI is InChI=1S/C17H30N2S/c1-12-7-14(12)10-19(6)11-15-8-16(20-13(15)2)9-18-17(3,4)5/h8,12,14,18H,7,9-11H2,1-6H3. The molecule has 114 valence electrons. The second-order valence-corrected chi connectivity index (χ2v) is 8.91. The van der Waals surface area contributed by atoms with Crippen LogP contribution in [0.1, 0.15) is 49.4 Å². The van der Waals surface area contributed by atoms with Crippen LogP contribution in [-0.2, 0) is 13.1 Å². The highest BCUT2D eigenvalue weighted by atomic mass is 32.1. The molecule has 20 heavy (non-hydrogen) atoms. The van der Waals surface area contributed by atoms with Gasteiger partial charge in [0.05, 0.1) is 0 Å². The summed E-state index contributed by atoms with van der Waals surface area (Å²) in [7, 11) is 2.26. The Labute approximate surface area is 128 Å². The van der Waals surface area contributed by atoms with E-state index in [-0.39, 0.29) is 5.54 Å². The van der Waals surface area contributed by atoms with E-state index < -0.39 is 0 Å². The van der Waals surface area contributed by atoms with Crippen molar-refractivity contribution in [2.45, 2.75) is 59.7 Å². The molecular weight excluding hydrogens is 264 g/mol. The molecule has 0 aromatic carbocycles. The number of hydrogen-bond acceptors (Lipinski definition) is 3. The van der Waals surface area contributed by atoms with Crippen LogP contribution in [0.3, 0.4) is 0 Å². The van der Waals surface area contributed by atoms with E-state index >= 15 is 0 Å². The molecule has 1 saturated carbocycles. The van der Waals surface area contributed by atoms with Gasteiger partial charge in [-0.05, 0) is 64.6 Å². The molecule has 1 aliphatic rings. The van der Waals surface area contributed by atoms with Crippen molar-refractivity contribution < 1.29 is 0 Å². The summed E-state index contributed by atoms with van der Waals surface area (Å²) in [6.45, 7) is 14.6. The summed E-state index contributed by atoms with van der Waals surface area (Å²) in [6, 6.07) is 2.39. The van der Waals surface area contributed by atoms with Crippen molar-refractivity contribution in [3.63, 3.8) is 0 Å². The Morgan fingerprint density at radius 1 is 1.40 bits per heavy atom. The number of aryl methyl sites for hydroxylation is 1. The topological polar surface area (TPSA) is 15.3 Å². The number of hydrogen-bond donors (Lipinski definition) is 1. The van der Waals surface area contributed by atoms with E-state index in [0.717, 1.165) is 24.9 Å². The van der Waals surface area contributed by atoms with Gasteiger partial charge in [-0.25, -0.2) is 0 Å². The molecule has 2 rings (SSSR count). The zero-order chi connectivity index (χ0) is 14.9. The first kappa shape index (κ1) is 16.0. The van der Waals surface area contributed by atoms with Gasteiger partial charge in [0.15, 0.2) is 0 Å². The maximum absolute atomic E-state index is 3.58. The number of rotatable bonds is 6. The molecule has 3 heteroatoms. The summed E-state index contributed by atoms with van der Waals surface area (Å²) < 4.78 is 0. The first-order valence-corrected chi connectivity index (χ1v) is 8.58. The molecule has 2 nitrogen and oxygen atoms in total. The van der Waals surface area contributed by atoms with Crippen LogP contribution < -0.4 is 5.32 Å². The highest BCUT2D eigenvalue weighted by Gasteiger charge is 2.33. The number of nitrogens with one attached hydrogen (secondary N) is 1. The largest absolute Gasteiger partial charge is 0.307 e. The van der Waals surface area contributed by atoms with Gasteiger partial charge in [0.1, 0.15) is 0 Å². The van der Waals surface area contributed by atoms with Gasteiger partial charge >= 0.3 is 0 Å². The Hall–Kier alpha value is -0.380. The molecular formula is C17H30N2S. The van der Waals surface area contributed by atoms with E-state index in [0.29, 0.717) is 0 Å². The van der Waals surface area contributed by atoms with Gasteiger partial charge in [0, 0.05) is 34.9 Å². The second-order valence-electron chi connectivity index (χ2n) is 7.57. The third-order valence-corrected chi connectivity index (χ3v) is 5.22. The molecule has 0 amide bonds. The molecule has 1 fully saturated rings. The van der Waals surface area contributed by atoms with Crippen molar-refractivity contribution >= 4 is 11.3 Å². The minimum atomic E-state index is 0.191. The quantitative estimate of drug-likeness (QED) is 0.852. The number of nitrogens with zero attached hydrogens (tertiary/aromatic N) is 1. The Balaban J connectivity index is 1.86. The molecule has 0 spiro atoms. The summed E-state index contributed by atoms with van der Waals surface area (Å²) in [5, 5.41) is 3.58. The second kappa shape index (κ2) is 6.17. The van der Waals surface area contributed by atoms with Crippen LogP contribution in [0.15, 0.2) is 6.07 Å². The fraction of sp³-hybridized carbons (Fsp3) is 0.765. The van der Waals surface area contributed by atoms with Gasteiger partial charge < -0.3 is 10.2 Å². The summed E-state index contributed by atoms with van der Waals surface area (Å²) in [6.07, 6.45) is 1.42. The molecule has 0 radical (unpaired) electrons. The fourth-order valence-electron chi connectivity index (χ4n) is 2.59. The van der Waals surface area contributed by atoms with Crippen molar-refractivity contribution in [1.82, 2.24) is 10.2 Å². The molecule has 1 aromatic rings. The van der Waals surface area contributed by atoms with E-state index in [1.807, 2.05) is 11.3 Å². The maximum atomic E-state index is 3.58. The monoisotopic (exact) mass is 294 g/mol. The van der Waals surface area contributed by atoms with Crippen molar-refractivity contribution in [2.24, 2.45) is 11.8 Å². The van der Waals surface area contributed by atoms with Crippen LogP contribution >= 0.6 is 11.3 Å². The summed E-state index contributed by atoms with van der Waals surface area (Å²) in [5.41, 5.74) is 1.70. The van der Waals surface area contributed by atoms with Crippen molar-refractivity contribution in [1.29, 1.82) is 0 Å². The third-order valence-electron chi connectivity index (χ3n) is 4.13. The average Bonchev–Trinajstić information content (AvgIpc) is 2.86. The lowest BCUT2D eigenvalue weighted by Crippen LogP contribution is -2.34. The molecule has 1 aliphatic carbocycles. The summed E-state index contributed by atoms with van der Waals surface area (Å²) >= 11 is 1.94. The fourth-order valence-corrected chi connectivity index (χ4v) is 3.59. The highest BCUT2D eigenvalue weighted by Crippen LogP contribution is 2.38. The van der Waals surface area contributed by atoms with Crippen LogP contribution in [0.5, 0.6) is 0 Å². The average molecular weight is 295 g/mol. The lowest BCUT2D eigenvalue weighted by Gasteiger charge is -2.19. The third kappa shape index (κ3) is 4.87. The molecule has 2 atom stereocenters. The smallest absolute Gasteiger partial charge is 0.0304 e. The van der Waals surface area contributed by atoms with Crippen LogP contribution in [0.4, 0.5) is 0 Å². The zero-order valence-electron chi connectivity index (χ0n) is 13.9. The van der Waals surface area contributed by atoms with Gasteiger partial charge in [-0.3, -0.25) is 0 Å². The minimum Gasteiger partial charge on any atom is -0.307 e. The Kier molecular flexibility index (Phi) is 4.93. The van der Waals surface area contributed by atoms with Crippen LogP contribution in [0.25, 0.3) is 0 Å². The minimum absolute atomic E-state index is 0.191. The van der Waals surface area contributed by atoms with E-state index in [4.69, 9.17) is 0 Å². The number of thiophene rings is 1. The molecule has 1 aromatic heterocycles. The Morgan fingerprint density at radius 3 is 2.60 bits per heavy atom. The van der Waals surface area contributed by atoms with Gasteiger partial charge in [0.2, 0.25) is 0 Å². The molecule has 1 N–H and O–H groups in total. The van der Waals surface area contributed by atoms with Gasteiger partial charge in [-0.15, -0.1) is 11.3 Å². The molecule has 2 unspecified atom stereocenters. The molecule has 0 bridgehead atoms. The lowest BCUT2D eigenvalue weighted by atomic mass is 10.1. The SMILES string of the molecule is Cc1sc(CNC(C)(C)C)cc1CN(C)CC1CC1C. The Morgan fingerprint density at radius 2 is 2.05 bits per heavy atom. The highest BCUT2D eigenvalue weighted by molar-refractivity contribution is 7.12. The Bertz CT molecular complexity index is 444. The van der Waals surface area contributed by atoms with Crippen LogP contribution in [0.2, 0.25) is 0 Å². The maximum Gasteiger partial charge on any atom is 0.0304 e. The van der Waals surface area contributed by atoms with Gasteiger partial charge in [0.25, 0.3) is 0 Å². The molecule has 1 heterocycles. The first-order chi connectivity index (χ1) is 9.24. The van der Waals surface area contributed by atoms with Gasteiger partial charge in [-0.2, -0.15) is 0 Å². The van der Waals surface area contributed by atoms with E-state index in [2.05, 4.69) is 57.9 Å². The van der Waals surface area contributed by atoms with Crippen molar-refractivity contribution in [2.75, 3.05) is 13.6 Å². The van der Waals surface area contributed by atoms with Crippen molar-refractivity contribution in [3.05, 3.63) is 21.4 Å². The van der Waals surface area contributed by atoms with Crippen molar-refractivity contribution in [3.8, 4) is 0 Å². The van der Waals surface area contributed by atoms with Gasteiger partial charge in [-0.1, -0.05) is 6.92 Å². The summed E-state index contributed by atoms with van der Waals surface area (Å²) in [5.74, 6) is 1.90. The van der Waals surface area contributed by atoms with E-state index in [1.54, 1.807) is 0 Å². The predicted octanol–water partition coefficient (Wildman–Crippen LogP) is 4.03. The zero-order valence-corrected chi connectivity index (χ0v) is 14.7. The normalized spacial score (nSPS) is 22.6. The molecule has 0 aliphatic heterocycles. The summed E-state index contributed by atoms with van der Waals surface area (Å²) in [4.78, 5) is 5.43. The predicted molar refractivity (Wildman–Crippen MR) is 89.3 cm³/mol. The van der Waals surface area contributed by atoms with Crippen LogP contribution in [-0.4, -0.2) is 24.0 Å².